The van der Waals surface area contributed by atoms with E-state index in [-0.39, 0.29) is 12.4 Å². The molecule has 0 saturated carbocycles. The molecule has 0 aliphatic carbocycles. The highest BCUT2D eigenvalue weighted by atomic mass is 32.2. The topological polar surface area (TPSA) is 66.4 Å². The first-order valence-electron chi connectivity index (χ1n) is 4.13. The van der Waals surface area contributed by atoms with Crippen LogP contribution in [-0.2, 0) is 10.0 Å². The molecule has 0 aromatic heterocycles. The number of rotatable bonds is 7. The molecule has 0 spiro atoms. The first kappa shape index (κ1) is 13.2. The molecule has 0 fully saturated rings. The summed E-state index contributed by atoms with van der Waals surface area (Å²) in [4.78, 5) is 0. The van der Waals surface area contributed by atoms with Crippen LogP contribution >= 0.6 is 11.8 Å². The largest absolute Gasteiger partial charge is 0.395 e. The number of thioether (sulfide) groups is 1. The Kier molecular flexibility index (Phi) is 6.75. The third kappa shape index (κ3) is 7.30. The Morgan fingerprint density at radius 1 is 1.54 bits per heavy atom. The van der Waals surface area contributed by atoms with Crippen molar-refractivity contribution < 1.29 is 13.5 Å². The van der Waals surface area contributed by atoms with Gasteiger partial charge in [0.1, 0.15) is 0 Å². The van der Waals surface area contributed by atoms with E-state index in [4.69, 9.17) is 5.11 Å². The van der Waals surface area contributed by atoms with Crippen LogP contribution in [0.4, 0.5) is 0 Å². The summed E-state index contributed by atoms with van der Waals surface area (Å²) in [7, 11) is -3.24. The van der Waals surface area contributed by atoms with Crippen molar-refractivity contribution in [3.8, 4) is 0 Å². The quantitative estimate of drug-likeness (QED) is 0.644. The van der Waals surface area contributed by atoms with Crippen LogP contribution in [0.25, 0.3) is 0 Å². The minimum Gasteiger partial charge on any atom is -0.395 e. The van der Waals surface area contributed by atoms with Crippen molar-refractivity contribution >= 4 is 21.8 Å². The van der Waals surface area contributed by atoms with Gasteiger partial charge in [-0.25, -0.2) is 13.1 Å². The van der Waals surface area contributed by atoms with Gasteiger partial charge in [0.05, 0.1) is 12.4 Å². The van der Waals surface area contributed by atoms with Crippen LogP contribution in [0.2, 0.25) is 0 Å². The molecule has 0 aliphatic rings. The molecular weight excluding hydrogens is 210 g/mol. The predicted molar refractivity (Wildman–Crippen MR) is 56.5 cm³/mol. The second-order valence-corrected chi connectivity index (χ2v) is 5.97. The van der Waals surface area contributed by atoms with E-state index >= 15 is 0 Å². The number of hydrogen-bond donors (Lipinski definition) is 2. The van der Waals surface area contributed by atoms with Crippen molar-refractivity contribution in [2.45, 2.75) is 18.6 Å². The van der Waals surface area contributed by atoms with Gasteiger partial charge < -0.3 is 5.11 Å². The Morgan fingerprint density at radius 3 is 2.62 bits per heavy atom. The van der Waals surface area contributed by atoms with E-state index in [1.165, 1.54) is 0 Å². The van der Waals surface area contributed by atoms with Crippen molar-refractivity contribution in [2.75, 3.05) is 25.2 Å². The molecule has 0 aromatic carbocycles. The van der Waals surface area contributed by atoms with E-state index in [1.807, 2.05) is 13.2 Å². The Labute approximate surface area is 84.2 Å². The molecule has 0 radical (unpaired) electrons. The number of aliphatic hydroxyl groups excluding tert-OH is 1. The molecule has 0 amide bonds. The average molecular weight is 227 g/mol. The Morgan fingerprint density at radius 2 is 2.15 bits per heavy atom. The maximum atomic E-state index is 11.0. The summed E-state index contributed by atoms with van der Waals surface area (Å²) in [6.07, 6.45) is 2.80. The van der Waals surface area contributed by atoms with Gasteiger partial charge in [-0.15, -0.1) is 0 Å². The fourth-order valence-electron chi connectivity index (χ4n) is 0.728. The molecule has 0 heterocycles. The molecule has 0 bridgehead atoms. The van der Waals surface area contributed by atoms with Crippen LogP contribution in [0, 0.1) is 0 Å². The molecule has 0 rings (SSSR count). The molecule has 1 unspecified atom stereocenters. The third-order valence-corrected chi connectivity index (χ3v) is 4.04. The highest BCUT2D eigenvalue weighted by molar-refractivity contribution is 7.99. The number of hydrogen-bond acceptors (Lipinski definition) is 4. The van der Waals surface area contributed by atoms with Gasteiger partial charge in [-0.3, -0.25) is 0 Å². The molecule has 0 aliphatic heterocycles. The average Bonchev–Trinajstić information content (AvgIpc) is 2.03. The highest BCUT2D eigenvalue weighted by Gasteiger charge is 2.08. The zero-order chi connectivity index (χ0) is 10.3. The van der Waals surface area contributed by atoms with Gasteiger partial charge in [-0.1, -0.05) is 6.92 Å². The van der Waals surface area contributed by atoms with Crippen LogP contribution in [0.1, 0.15) is 13.3 Å². The van der Waals surface area contributed by atoms with Gasteiger partial charge >= 0.3 is 0 Å². The molecule has 13 heavy (non-hydrogen) atoms. The lowest BCUT2D eigenvalue weighted by atomic mass is 10.3. The third-order valence-electron chi connectivity index (χ3n) is 1.64. The summed E-state index contributed by atoms with van der Waals surface area (Å²) in [6, 6.07) is 0. The van der Waals surface area contributed by atoms with E-state index < -0.39 is 10.0 Å². The van der Waals surface area contributed by atoms with E-state index in [0.29, 0.717) is 11.8 Å². The smallest absolute Gasteiger partial charge is 0.213 e. The minimum absolute atomic E-state index is 0.208. The van der Waals surface area contributed by atoms with Crippen LogP contribution in [0.3, 0.4) is 0 Å². The van der Waals surface area contributed by atoms with Crippen LogP contribution in [0.15, 0.2) is 0 Å². The molecule has 6 heteroatoms. The zero-order valence-corrected chi connectivity index (χ0v) is 9.62. The summed E-state index contributed by atoms with van der Waals surface area (Å²) in [6.45, 7) is 2.17. The lowest BCUT2D eigenvalue weighted by Crippen LogP contribution is -2.29. The minimum atomic E-state index is -3.24. The van der Waals surface area contributed by atoms with Crippen molar-refractivity contribution in [2.24, 2.45) is 0 Å². The lowest BCUT2D eigenvalue weighted by Gasteiger charge is -2.08. The zero-order valence-electron chi connectivity index (χ0n) is 7.99. The molecular formula is C7H17NO3S2. The normalized spacial score (nSPS) is 14.4. The molecule has 4 nitrogen and oxygen atoms in total. The van der Waals surface area contributed by atoms with Crippen LogP contribution in [-0.4, -0.2) is 43.9 Å². The summed E-state index contributed by atoms with van der Waals surface area (Å²) in [5, 5.41) is 8.89. The molecule has 2 N–H and O–H groups in total. The van der Waals surface area contributed by atoms with E-state index in [0.717, 1.165) is 6.42 Å². The molecule has 0 aromatic rings. The summed E-state index contributed by atoms with van der Waals surface area (Å²) in [5.74, 6) is -0.208. The molecule has 0 saturated heterocycles. The number of nitrogens with one attached hydrogen (secondary N) is 1. The maximum absolute atomic E-state index is 11.0. The first-order valence-corrected chi connectivity index (χ1v) is 7.07. The van der Waals surface area contributed by atoms with E-state index in [1.54, 1.807) is 11.8 Å². The highest BCUT2D eigenvalue weighted by Crippen LogP contribution is 2.08. The lowest BCUT2D eigenvalue weighted by molar-refractivity contribution is 0.319. The van der Waals surface area contributed by atoms with Crippen molar-refractivity contribution in [1.29, 1.82) is 0 Å². The van der Waals surface area contributed by atoms with Crippen molar-refractivity contribution in [3.05, 3.63) is 0 Å². The monoisotopic (exact) mass is 227 g/mol. The molecule has 1 atom stereocenters. The van der Waals surface area contributed by atoms with Crippen molar-refractivity contribution in [3.63, 3.8) is 0 Å². The Bertz CT molecular complexity index is 216. The fraction of sp³-hybridized carbons (Fsp3) is 1.00. The predicted octanol–water partition coefficient (Wildman–Crippen LogP) is 0.0397. The van der Waals surface area contributed by atoms with Crippen LogP contribution in [0.5, 0.6) is 0 Å². The second kappa shape index (κ2) is 6.64. The number of aliphatic hydroxyl groups is 1. The van der Waals surface area contributed by atoms with Gasteiger partial charge in [0.2, 0.25) is 10.0 Å². The SMILES string of the molecule is CSC(C)CCNS(=O)(=O)CCO. The van der Waals surface area contributed by atoms with Gasteiger partial charge in [0.25, 0.3) is 0 Å². The van der Waals surface area contributed by atoms with Crippen molar-refractivity contribution in [1.82, 2.24) is 4.72 Å². The van der Waals surface area contributed by atoms with Gasteiger partial charge in [-0.05, 0) is 12.7 Å². The van der Waals surface area contributed by atoms with Gasteiger partial charge in [0.15, 0.2) is 0 Å². The maximum Gasteiger partial charge on any atom is 0.213 e. The summed E-state index contributed by atoms with van der Waals surface area (Å²) >= 11 is 1.70. The Balaban J connectivity index is 3.64. The summed E-state index contributed by atoms with van der Waals surface area (Å²) < 4.78 is 24.5. The van der Waals surface area contributed by atoms with Gasteiger partial charge in [0, 0.05) is 11.8 Å². The first-order chi connectivity index (χ1) is 6.02. The second-order valence-electron chi connectivity index (χ2n) is 2.77. The number of sulfonamides is 1. The van der Waals surface area contributed by atoms with E-state index in [2.05, 4.69) is 4.72 Å². The Hall–Kier alpha value is 0.220. The summed E-state index contributed by atoms with van der Waals surface area (Å²) in [5.41, 5.74) is 0. The standard InChI is InChI=1S/C7H17NO3S2/c1-7(12-2)3-4-8-13(10,11)6-5-9/h7-9H,3-6H2,1-2H3. The fourth-order valence-corrected chi connectivity index (χ4v) is 1.89. The van der Waals surface area contributed by atoms with Crippen LogP contribution < -0.4 is 4.72 Å². The molecule has 80 valence electrons. The van der Waals surface area contributed by atoms with Gasteiger partial charge in [-0.2, -0.15) is 11.8 Å². The van der Waals surface area contributed by atoms with E-state index in [9.17, 15) is 8.42 Å².